The van der Waals surface area contributed by atoms with Crippen molar-refractivity contribution in [1.82, 2.24) is 15.2 Å². The van der Waals surface area contributed by atoms with E-state index in [1.807, 2.05) is 6.07 Å². The van der Waals surface area contributed by atoms with Gasteiger partial charge in [-0.15, -0.1) is 10.2 Å². The number of rotatable bonds is 6. The summed E-state index contributed by atoms with van der Waals surface area (Å²) in [5, 5.41) is 13.0. The number of primary amides is 1. The van der Waals surface area contributed by atoms with Crippen LogP contribution < -0.4 is 11.1 Å². The van der Waals surface area contributed by atoms with E-state index in [0.717, 1.165) is 24.8 Å². The Morgan fingerprint density at radius 3 is 2.81 bits per heavy atom. The Morgan fingerprint density at radius 2 is 2.11 bits per heavy atom. The minimum atomic E-state index is -0.482. The number of hydrogen-bond acceptors (Lipinski definition) is 6. The number of benzene rings is 1. The van der Waals surface area contributed by atoms with E-state index in [2.05, 4.69) is 20.5 Å². The molecule has 0 radical (unpaired) electrons. The first-order chi connectivity index (χ1) is 13.1. The molecule has 8 heteroatoms. The van der Waals surface area contributed by atoms with E-state index in [1.165, 1.54) is 17.4 Å². The molecule has 138 valence electrons. The van der Waals surface area contributed by atoms with Crippen molar-refractivity contribution in [2.24, 2.45) is 5.73 Å². The third-order valence-electron chi connectivity index (χ3n) is 4.97. The van der Waals surface area contributed by atoms with Crippen LogP contribution in [0, 0.1) is 5.82 Å². The van der Waals surface area contributed by atoms with Gasteiger partial charge >= 0.3 is 0 Å². The van der Waals surface area contributed by atoms with Gasteiger partial charge in [-0.2, -0.15) is 0 Å². The topological polar surface area (TPSA) is 93.8 Å². The van der Waals surface area contributed by atoms with E-state index >= 15 is 0 Å². The molecule has 0 spiro atoms. The summed E-state index contributed by atoms with van der Waals surface area (Å²) in [6, 6.07) is 10.0. The second-order valence-corrected chi connectivity index (χ2v) is 7.66. The molecule has 3 N–H and O–H groups in total. The number of hydrogen-bond donors (Lipinski definition) is 2. The van der Waals surface area contributed by atoms with Crippen molar-refractivity contribution in [3.05, 3.63) is 59.7 Å². The van der Waals surface area contributed by atoms with Crippen LogP contribution in [-0.4, -0.2) is 27.6 Å². The van der Waals surface area contributed by atoms with Gasteiger partial charge < -0.3 is 11.1 Å². The summed E-state index contributed by atoms with van der Waals surface area (Å²) in [6.07, 6.45) is 4.47. The molecule has 0 aliphatic heterocycles. The molecule has 1 aliphatic carbocycles. The zero-order chi connectivity index (χ0) is 18.9. The van der Waals surface area contributed by atoms with Crippen molar-refractivity contribution in [1.29, 1.82) is 0 Å². The van der Waals surface area contributed by atoms with Gasteiger partial charge in [0, 0.05) is 29.3 Å². The SMILES string of the molecule is NC(=O)c1cccc(-c2nnc(NCC3(c4ncccc4F)CCC3)s2)c1. The number of anilines is 1. The van der Waals surface area contributed by atoms with E-state index in [-0.39, 0.29) is 11.2 Å². The number of carbonyl (C=O) groups excluding carboxylic acids is 1. The van der Waals surface area contributed by atoms with E-state index in [1.54, 1.807) is 30.5 Å². The molecular weight excluding hydrogens is 365 g/mol. The molecule has 1 fully saturated rings. The first kappa shape index (κ1) is 17.5. The average molecular weight is 383 g/mol. The Hall–Kier alpha value is -2.87. The van der Waals surface area contributed by atoms with Crippen LogP contribution in [0.4, 0.5) is 9.52 Å². The molecule has 1 amide bonds. The summed E-state index contributed by atoms with van der Waals surface area (Å²) < 4.78 is 14.2. The zero-order valence-electron chi connectivity index (χ0n) is 14.5. The lowest BCUT2D eigenvalue weighted by atomic mass is 9.66. The molecule has 2 heterocycles. The lowest BCUT2D eigenvalue weighted by molar-refractivity contribution is 0.100. The number of pyridine rings is 1. The molecule has 2 aromatic heterocycles. The number of nitrogens with zero attached hydrogens (tertiary/aromatic N) is 3. The molecule has 1 aliphatic rings. The maximum absolute atomic E-state index is 14.2. The summed E-state index contributed by atoms with van der Waals surface area (Å²) in [7, 11) is 0. The van der Waals surface area contributed by atoms with Crippen molar-refractivity contribution in [2.75, 3.05) is 11.9 Å². The number of aromatic nitrogens is 3. The third-order valence-corrected chi connectivity index (χ3v) is 5.90. The molecule has 1 saturated carbocycles. The second-order valence-electron chi connectivity index (χ2n) is 6.68. The fourth-order valence-electron chi connectivity index (χ4n) is 3.34. The van der Waals surface area contributed by atoms with Crippen LogP contribution in [0.2, 0.25) is 0 Å². The predicted octanol–water partition coefficient (Wildman–Crippen LogP) is 3.37. The van der Waals surface area contributed by atoms with Gasteiger partial charge in [0.15, 0.2) is 0 Å². The Balaban J connectivity index is 1.51. The molecule has 3 aromatic rings. The maximum atomic E-state index is 14.2. The van der Waals surface area contributed by atoms with E-state index in [4.69, 9.17) is 5.73 Å². The largest absolute Gasteiger partial charge is 0.366 e. The molecular formula is C19H18FN5OS. The molecule has 0 unspecified atom stereocenters. The fraction of sp³-hybridized carbons (Fsp3) is 0.263. The molecule has 0 saturated heterocycles. The quantitative estimate of drug-likeness (QED) is 0.681. The van der Waals surface area contributed by atoms with Gasteiger partial charge in [0.05, 0.1) is 5.69 Å². The average Bonchev–Trinajstić information content (AvgIpc) is 3.11. The first-order valence-electron chi connectivity index (χ1n) is 8.66. The second kappa shape index (κ2) is 7.03. The van der Waals surface area contributed by atoms with Crippen LogP contribution in [-0.2, 0) is 5.41 Å². The highest BCUT2D eigenvalue weighted by molar-refractivity contribution is 7.18. The zero-order valence-corrected chi connectivity index (χ0v) is 15.3. The highest BCUT2D eigenvalue weighted by atomic mass is 32.1. The van der Waals surface area contributed by atoms with Crippen molar-refractivity contribution in [2.45, 2.75) is 24.7 Å². The number of nitrogens with one attached hydrogen (secondary N) is 1. The van der Waals surface area contributed by atoms with Crippen molar-refractivity contribution >= 4 is 22.4 Å². The number of nitrogens with two attached hydrogens (primary N) is 1. The van der Waals surface area contributed by atoms with Gasteiger partial charge in [-0.1, -0.05) is 29.9 Å². The number of halogens is 1. The van der Waals surface area contributed by atoms with E-state index < -0.39 is 5.91 Å². The van der Waals surface area contributed by atoms with Crippen molar-refractivity contribution in [3.63, 3.8) is 0 Å². The summed E-state index contributed by atoms with van der Waals surface area (Å²) in [4.78, 5) is 15.6. The summed E-state index contributed by atoms with van der Waals surface area (Å²) in [5.41, 5.74) is 6.75. The van der Waals surface area contributed by atoms with E-state index in [0.29, 0.717) is 27.9 Å². The monoisotopic (exact) mass is 383 g/mol. The summed E-state index contributed by atoms with van der Waals surface area (Å²) in [6.45, 7) is 0.552. The molecule has 6 nitrogen and oxygen atoms in total. The molecule has 27 heavy (non-hydrogen) atoms. The summed E-state index contributed by atoms with van der Waals surface area (Å²) in [5.74, 6) is -0.746. The van der Waals surface area contributed by atoms with Crippen molar-refractivity contribution in [3.8, 4) is 10.6 Å². The molecule has 1 aromatic carbocycles. The minimum absolute atomic E-state index is 0.264. The maximum Gasteiger partial charge on any atom is 0.248 e. The lowest BCUT2D eigenvalue weighted by Crippen LogP contribution is -2.42. The van der Waals surface area contributed by atoms with Crippen LogP contribution in [0.3, 0.4) is 0 Å². The summed E-state index contributed by atoms with van der Waals surface area (Å²) >= 11 is 1.38. The Morgan fingerprint density at radius 1 is 1.26 bits per heavy atom. The van der Waals surface area contributed by atoms with Crippen LogP contribution in [0.25, 0.3) is 10.6 Å². The van der Waals surface area contributed by atoms with Gasteiger partial charge in [-0.05, 0) is 37.1 Å². The third kappa shape index (κ3) is 3.40. The Kier molecular flexibility index (Phi) is 4.57. The predicted molar refractivity (Wildman–Crippen MR) is 102 cm³/mol. The van der Waals surface area contributed by atoms with Gasteiger partial charge in [-0.3, -0.25) is 9.78 Å². The van der Waals surface area contributed by atoms with Crippen LogP contribution in [0.1, 0.15) is 35.3 Å². The smallest absolute Gasteiger partial charge is 0.248 e. The molecule has 4 rings (SSSR count). The normalized spacial score (nSPS) is 15.1. The molecule has 0 atom stereocenters. The van der Waals surface area contributed by atoms with Gasteiger partial charge in [0.2, 0.25) is 11.0 Å². The van der Waals surface area contributed by atoms with Gasteiger partial charge in [0.25, 0.3) is 0 Å². The minimum Gasteiger partial charge on any atom is -0.366 e. The Labute approximate surface area is 159 Å². The highest BCUT2D eigenvalue weighted by Crippen LogP contribution is 2.44. The lowest BCUT2D eigenvalue weighted by Gasteiger charge is -2.41. The van der Waals surface area contributed by atoms with Crippen molar-refractivity contribution < 1.29 is 9.18 Å². The standard InChI is InChI=1S/C19H18FN5OS/c20-14-6-2-9-22-15(14)19(7-3-8-19)11-23-18-25-24-17(27-18)13-5-1-4-12(10-13)16(21)26/h1-2,4-6,9-10H,3,7-8,11H2,(H2,21,26)(H,23,25). The van der Waals surface area contributed by atoms with Crippen LogP contribution in [0.5, 0.6) is 0 Å². The fourth-order valence-corrected chi connectivity index (χ4v) is 4.07. The van der Waals surface area contributed by atoms with Crippen LogP contribution in [0.15, 0.2) is 42.6 Å². The van der Waals surface area contributed by atoms with Crippen LogP contribution >= 0.6 is 11.3 Å². The number of amides is 1. The highest BCUT2D eigenvalue weighted by Gasteiger charge is 2.41. The van der Waals surface area contributed by atoms with Gasteiger partial charge in [0.1, 0.15) is 10.8 Å². The number of carbonyl (C=O) groups is 1. The first-order valence-corrected chi connectivity index (χ1v) is 9.48. The molecule has 0 bridgehead atoms. The Bertz CT molecular complexity index is 985. The van der Waals surface area contributed by atoms with Gasteiger partial charge in [-0.25, -0.2) is 4.39 Å². The van der Waals surface area contributed by atoms with E-state index in [9.17, 15) is 9.18 Å².